The third-order valence-electron chi connectivity index (χ3n) is 3.17. The monoisotopic (exact) mass is 251 g/mol. The minimum absolute atomic E-state index is 0.0609. The van der Waals surface area contributed by atoms with Crippen molar-refractivity contribution in [3.63, 3.8) is 0 Å². The van der Waals surface area contributed by atoms with E-state index in [1.54, 1.807) is 0 Å². The van der Waals surface area contributed by atoms with Gasteiger partial charge < -0.3 is 5.32 Å². The van der Waals surface area contributed by atoms with Crippen molar-refractivity contribution in [2.75, 3.05) is 0 Å². The molecule has 1 aromatic heterocycles. The molecule has 3 heteroatoms. The molecule has 18 heavy (non-hydrogen) atoms. The highest BCUT2D eigenvalue weighted by molar-refractivity contribution is 5.27. The van der Waals surface area contributed by atoms with Crippen LogP contribution in [0.25, 0.3) is 0 Å². The molecule has 0 aliphatic heterocycles. The maximum Gasteiger partial charge on any atom is 0.0669 e. The van der Waals surface area contributed by atoms with Crippen LogP contribution in [0.4, 0.5) is 0 Å². The first-order chi connectivity index (χ1) is 8.31. The van der Waals surface area contributed by atoms with Gasteiger partial charge in [-0.05, 0) is 33.6 Å². The lowest BCUT2D eigenvalue weighted by Gasteiger charge is -2.22. The van der Waals surface area contributed by atoms with Crippen molar-refractivity contribution in [3.8, 4) is 0 Å². The second-order valence-electron chi connectivity index (χ2n) is 6.20. The molecule has 0 unspecified atom stereocenters. The van der Waals surface area contributed by atoms with Gasteiger partial charge in [-0.1, -0.05) is 27.7 Å². The van der Waals surface area contributed by atoms with Gasteiger partial charge in [-0.3, -0.25) is 4.68 Å². The molecule has 1 N–H and O–H groups in total. The summed E-state index contributed by atoms with van der Waals surface area (Å²) in [6.45, 7) is 16.4. The van der Waals surface area contributed by atoms with Crippen LogP contribution in [-0.4, -0.2) is 15.8 Å². The first-order valence-corrected chi connectivity index (χ1v) is 7.14. The van der Waals surface area contributed by atoms with E-state index in [1.165, 1.54) is 17.0 Å². The molecule has 104 valence electrons. The van der Waals surface area contributed by atoms with E-state index in [-0.39, 0.29) is 5.54 Å². The predicted molar refractivity (Wildman–Crippen MR) is 78.0 cm³/mol. The second kappa shape index (κ2) is 5.87. The summed E-state index contributed by atoms with van der Waals surface area (Å²) in [5.41, 5.74) is 4.09. The molecule has 0 radical (unpaired) electrons. The van der Waals surface area contributed by atoms with Crippen LogP contribution in [0.5, 0.6) is 0 Å². The van der Waals surface area contributed by atoms with Gasteiger partial charge in [0.25, 0.3) is 0 Å². The number of nitrogens with zero attached hydrogens (tertiary/aromatic N) is 2. The van der Waals surface area contributed by atoms with E-state index in [4.69, 9.17) is 5.10 Å². The van der Waals surface area contributed by atoms with Gasteiger partial charge in [0.05, 0.1) is 11.2 Å². The van der Waals surface area contributed by atoms with Crippen molar-refractivity contribution in [2.45, 2.75) is 79.4 Å². The quantitative estimate of drug-likeness (QED) is 0.870. The van der Waals surface area contributed by atoms with Crippen LogP contribution < -0.4 is 5.32 Å². The van der Waals surface area contributed by atoms with Crippen molar-refractivity contribution in [1.29, 1.82) is 0 Å². The van der Waals surface area contributed by atoms with Gasteiger partial charge in [-0.2, -0.15) is 5.10 Å². The standard InChI is InChI=1S/C15H29N3/c1-8-13-12(10-16-11(3)4)14(9-2)18(17-13)15(5,6)7/h11,16H,8-10H2,1-7H3. The van der Waals surface area contributed by atoms with E-state index in [1.807, 2.05) is 0 Å². The molecule has 0 atom stereocenters. The summed E-state index contributed by atoms with van der Waals surface area (Å²) in [7, 11) is 0. The fourth-order valence-electron chi connectivity index (χ4n) is 2.25. The largest absolute Gasteiger partial charge is 0.310 e. The van der Waals surface area contributed by atoms with Crippen molar-refractivity contribution >= 4 is 0 Å². The summed E-state index contributed by atoms with van der Waals surface area (Å²) < 4.78 is 2.21. The fraction of sp³-hybridized carbons (Fsp3) is 0.800. The van der Waals surface area contributed by atoms with Crippen LogP contribution in [0.1, 0.15) is 65.4 Å². The van der Waals surface area contributed by atoms with Gasteiger partial charge in [0.1, 0.15) is 0 Å². The number of nitrogens with one attached hydrogen (secondary N) is 1. The molecule has 0 amide bonds. The summed E-state index contributed by atoms with van der Waals surface area (Å²) in [5.74, 6) is 0. The van der Waals surface area contributed by atoms with Gasteiger partial charge >= 0.3 is 0 Å². The SMILES string of the molecule is CCc1nn(C(C)(C)C)c(CC)c1CNC(C)C. The van der Waals surface area contributed by atoms with E-state index in [2.05, 4.69) is 58.5 Å². The van der Waals surface area contributed by atoms with Crippen LogP contribution in [-0.2, 0) is 24.9 Å². The molecule has 1 rings (SSSR count). The third kappa shape index (κ3) is 3.35. The summed E-state index contributed by atoms with van der Waals surface area (Å²) in [6.07, 6.45) is 2.05. The third-order valence-corrected chi connectivity index (χ3v) is 3.17. The summed E-state index contributed by atoms with van der Waals surface area (Å²) in [5, 5.41) is 8.35. The molecule has 1 aromatic rings. The molecule has 0 saturated heterocycles. The lowest BCUT2D eigenvalue weighted by Crippen LogP contribution is -2.26. The Labute approximate surface area is 112 Å². The van der Waals surface area contributed by atoms with Crippen molar-refractivity contribution in [3.05, 3.63) is 17.0 Å². The highest BCUT2D eigenvalue weighted by Gasteiger charge is 2.22. The number of aromatic nitrogens is 2. The van der Waals surface area contributed by atoms with Crippen LogP contribution in [0.2, 0.25) is 0 Å². The first-order valence-electron chi connectivity index (χ1n) is 7.14. The maximum atomic E-state index is 4.83. The molecule has 0 fully saturated rings. The van der Waals surface area contributed by atoms with Crippen LogP contribution >= 0.6 is 0 Å². The number of rotatable bonds is 5. The molecule has 3 nitrogen and oxygen atoms in total. The number of hydrogen-bond acceptors (Lipinski definition) is 2. The Morgan fingerprint density at radius 2 is 1.78 bits per heavy atom. The van der Waals surface area contributed by atoms with Crippen LogP contribution in [0.15, 0.2) is 0 Å². The zero-order chi connectivity index (χ0) is 13.9. The fourth-order valence-corrected chi connectivity index (χ4v) is 2.25. The van der Waals surface area contributed by atoms with E-state index in [0.717, 1.165) is 19.4 Å². The van der Waals surface area contributed by atoms with Gasteiger partial charge in [0, 0.05) is 23.8 Å². The Morgan fingerprint density at radius 3 is 2.17 bits per heavy atom. The summed E-state index contributed by atoms with van der Waals surface area (Å²) >= 11 is 0. The molecular formula is C15H29N3. The molecular weight excluding hydrogens is 222 g/mol. The zero-order valence-corrected chi connectivity index (χ0v) is 13.1. The summed E-state index contributed by atoms with van der Waals surface area (Å²) in [4.78, 5) is 0. The van der Waals surface area contributed by atoms with Gasteiger partial charge in [0.2, 0.25) is 0 Å². The number of aryl methyl sites for hydroxylation is 1. The van der Waals surface area contributed by atoms with E-state index >= 15 is 0 Å². The highest BCUT2D eigenvalue weighted by atomic mass is 15.3. The van der Waals surface area contributed by atoms with Crippen molar-refractivity contribution in [1.82, 2.24) is 15.1 Å². The molecule has 1 heterocycles. The Morgan fingerprint density at radius 1 is 1.17 bits per heavy atom. The zero-order valence-electron chi connectivity index (χ0n) is 13.1. The molecule has 0 aliphatic carbocycles. The summed E-state index contributed by atoms with van der Waals surface area (Å²) in [6, 6.07) is 0.511. The van der Waals surface area contributed by atoms with Crippen molar-refractivity contribution < 1.29 is 0 Å². The van der Waals surface area contributed by atoms with Crippen LogP contribution in [0, 0.1) is 0 Å². The van der Waals surface area contributed by atoms with Crippen molar-refractivity contribution in [2.24, 2.45) is 0 Å². The Hall–Kier alpha value is -0.830. The Bertz CT molecular complexity index is 383. The molecule has 0 aromatic carbocycles. The van der Waals surface area contributed by atoms with Gasteiger partial charge in [-0.15, -0.1) is 0 Å². The maximum absolute atomic E-state index is 4.83. The minimum Gasteiger partial charge on any atom is -0.310 e. The molecule has 0 saturated carbocycles. The normalized spacial score (nSPS) is 12.4. The predicted octanol–water partition coefficient (Wildman–Crippen LogP) is 3.26. The van der Waals surface area contributed by atoms with E-state index in [0.29, 0.717) is 6.04 Å². The Balaban J connectivity index is 3.17. The topological polar surface area (TPSA) is 29.9 Å². The van der Waals surface area contributed by atoms with Gasteiger partial charge in [0.15, 0.2) is 0 Å². The number of hydrogen-bond donors (Lipinski definition) is 1. The lowest BCUT2D eigenvalue weighted by atomic mass is 10.1. The smallest absolute Gasteiger partial charge is 0.0669 e. The average Bonchev–Trinajstić information content (AvgIpc) is 2.63. The average molecular weight is 251 g/mol. The van der Waals surface area contributed by atoms with E-state index < -0.39 is 0 Å². The molecule has 0 bridgehead atoms. The van der Waals surface area contributed by atoms with Gasteiger partial charge in [-0.25, -0.2) is 0 Å². The minimum atomic E-state index is 0.0609. The lowest BCUT2D eigenvalue weighted by molar-refractivity contribution is 0.342. The Kier molecular flexibility index (Phi) is 4.97. The van der Waals surface area contributed by atoms with Crippen LogP contribution in [0.3, 0.4) is 0 Å². The molecule has 0 spiro atoms. The molecule has 0 aliphatic rings. The highest BCUT2D eigenvalue weighted by Crippen LogP contribution is 2.23. The first kappa shape index (κ1) is 15.2. The van der Waals surface area contributed by atoms with E-state index in [9.17, 15) is 0 Å². The second-order valence-corrected chi connectivity index (χ2v) is 6.20.